The van der Waals surface area contributed by atoms with Crippen LogP contribution in [0.15, 0.2) is 0 Å². The van der Waals surface area contributed by atoms with Gasteiger partial charge in [0.2, 0.25) is 0 Å². The topological polar surface area (TPSA) is 51.2 Å². The third kappa shape index (κ3) is 28.1. The van der Waals surface area contributed by atoms with Crippen LogP contribution in [0.2, 0.25) is 0 Å². The van der Waals surface area contributed by atoms with E-state index < -0.39 is 0 Å². The van der Waals surface area contributed by atoms with Gasteiger partial charge in [-0.1, -0.05) is 80.1 Å². The first kappa shape index (κ1) is 35.3. The summed E-state index contributed by atoms with van der Waals surface area (Å²) in [6.07, 6.45) is 16.7. The first-order chi connectivity index (χ1) is 13.0. The van der Waals surface area contributed by atoms with Crippen molar-refractivity contribution in [1.82, 2.24) is 0 Å². The maximum absolute atomic E-state index is 10.2. The van der Waals surface area contributed by atoms with Crippen molar-refractivity contribution in [2.24, 2.45) is 17.8 Å². The Morgan fingerprint density at radius 3 is 0.821 bits per heavy atom. The molecule has 3 unspecified atom stereocenters. The normalized spacial score (nSPS) is 12.6. The molecule has 0 aliphatic carbocycles. The fourth-order valence-electron chi connectivity index (χ4n) is 2.50. The zero-order valence-corrected chi connectivity index (χ0v) is 23.1. The van der Waals surface area contributed by atoms with Gasteiger partial charge in [-0.3, -0.25) is 0 Å². The molecule has 3 radical (unpaired) electrons. The van der Waals surface area contributed by atoms with Crippen molar-refractivity contribution >= 4 is 45.1 Å². The van der Waals surface area contributed by atoms with Crippen LogP contribution in [-0.2, 0) is 14.4 Å². The summed E-state index contributed by atoms with van der Waals surface area (Å²) in [7, 11) is 0. The molecule has 0 amide bonds. The molecular weight excluding hydrogens is 545 g/mol. The smallest absolute Gasteiger partial charge is 0.123 e. The van der Waals surface area contributed by atoms with Gasteiger partial charge in [0.15, 0.2) is 0 Å². The molecule has 0 aromatic rings. The first-order valence-corrected chi connectivity index (χ1v) is 11.4. The molecule has 28 heavy (non-hydrogen) atoms. The number of unbranched alkanes of at least 4 members (excludes halogenated alkanes) is 3. The van der Waals surface area contributed by atoms with Gasteiger partial charge in [0.1, 0.15) is 18.9 Å². The third-order valence-corrected chi connectivity index (χ3v) is 4.94. The molecule has 0 aromatic carbocycles. The quantitative estimate of drug-likeness (QED) is 0.155. The van der Waals surface area contributed by atoms with Crippen molar-refractivity contribution in [3.05, 3.63) is 0 Å². The van der Waals surface area contributed by atoms with Crippen molar-refractivity contribution in [2.75, 3.05) is 0 Å². The molecule has 0 aromatic heterocycles. The molecule has 4 heteroatoms. The molecule has 167 valence electrons. The maximum atomic E-state index is 10.2. The van der Waals surface area contributed by atoms with Crippen molar-refractivity contribution in [2.45, 2.75) is 119 Å². The molecule has 3 atom stereocenters. The number of carbonyl (C=O) groups excluding carboxylic acids is 3. The maximum Gasteiger partial charge on any atom is 0.123 e. The van der Waals surface area contributed by atoms with E-state index in [-0.39, 0.29) is 26.2 Å². The van der Waals surface area contributed by atoms with E-state index in [1.165, 1.54) is 38.5 Å². The van der Waals surface area contributed by atoms with Gasteiger partial charge in [-0.15, -0.1) is 0 Å². The molecule has 0 saturated heterocycles. The van der Waals surface area contributed by atoms with Crippen molar-refractivity contribution in [3.63, 3.8) is 0 Å². The fraction of sp³-hybridized carbons (Fsp3) is 0.875. The molecular formula is C24H48BiO3. The summed E-state index contributed by atoms with van der Waals surface area (Å²) in [6.45, 7) is 12.6. The number of rotatable bonds is 15. The Balaban J connectivity index is -0.000000152. The van der Waals surface area contributed by atoms with Crippen LogP contribution in [0, 0.1) is 17.8 Å². The first-order valence-electron chi connectivity index (χ1n) is 11.4. The number of carbonyl (C=O) groups is 3. The largest absolute Gasteiger partial charge is 0.303 e. The van der Waals surface area contributed by atoms with Gasteiger partial charge in [-0.2, -0.15) is 0 Å². The zero-order valence-electron chi connectivity index (χ0n) is 19.6. The van der Waals surface area contributed by atoms with Gasteiger partial charge >= 0.3 is 0 Å². The van der Waals surface area contributed by atoms with Gasteiger partial charge in [-0.25, -0.2) is 0 Å². The van der Waals surface area contributed by atoms with E-state index in [0.717, 1.165) is 57.4 Å². The Bertz CT molecular complexity index is 261. The van der Waals surface area contributed by atoms with Gasteiger partial charge in [0.25, 0.3) is 0 Å². The monoisotopic (exact) mass is 593 g/mol. The van der Waals surface area contributed by atoms with Crippen molar-refractivity contribution < 1.29 is 14.4 Å². The molecule has 0 heterocycles. The summed E-state index contributed by atoms with van der Waals surface area (Å²) in [6, 6.07) is 0. The number of hydrogen-bond acceptors (Lipinski definition) is 3. The second-order valence-corrected chi connectivity index (χ2v) is 7.34. The SMILES string of the molecule is CCCCC(C=O)CC.CCCCC(C=O)CC.CCCCC(C=O)CC.[Bi]. The molecule has 0 rings (SSSR count). The van der Waals surface area contributed by atoms with Crippen LogP contribution >= 0.6 is 0 Å². The molecule has 0 aliphatic rings. The third-order valence-electron chi connectivity index (χ3n) is 4.94. The van der Waals surface area contributed by atoms with E-state index in [4.69, 9.17) is 0 Å². The molecule has 3 nitrogen and oxygen atoms in total. The predicted molar refractivity (Wildman–Crippen MR) is 124 cm³/mol. The van der Waals surface area contributed by atoms with Crippen LogP contribution in [0.4, 0.5) is 0 Å². The summed E-state index contributed by atoms with van der Waals surface area (Å²) >= 11 is 0. The van der Waals surface area contributed by atoms with Crippen LogP contribution in [-0.4, -0.2) is 45.1 Å². The molecule has 0 spiro atoms. The van der Waals surface area contributed by atoms with Crippen molar-refractivity contribution in [3.8, 4) is 0 Å². The summed E-state index contributed by atoms with van der Waals surface area (Å²) < 4.78 is 0. The molecule has 0 aliphatic heterocycles. The van der Waals surface area contributed by atoms with E-state index in [1.807, 2.05) is 0 Å². The van der Waals surface area contributed by atoms with Gasteiger partial charge in [0, 0.05) is 44.0 Å². The van der Waals surface area contributed by atoms with Gasteiger partial charge < -0.3 is 14.4 Å². The Morgan fingerprint density at radius 2 is 0.714 bits per heavy atom. The second kappa shape index (κ2) is 31.6. The van der Waals surface area contributed by atoms with Gasteiger partial charge in [0.05, 0.1) is 0 Å². The average molecular weight is 594 g/mol. The zero-order chi connectivity index (χ0) is 21.3. The van der Waals surface area contributed by atoms with Crippen LogP contribution in [0.5, 0.6) is 0 Å². The van der Waals surface area contributed by atoms with E-state index in [2.05, 4.69) is 41.5 Å². The summed E-state index contributed by atoms with van der Waals surface area (Å²) in [5.41, 5.74) is 0. The predicted octanol–water partition coefficient (Wildman–Crippen LogP) is 6.82. The van der Waals surface area contributed by atoms with E-state index in [1.54, 1.807) is 0 Å². The molecule has 0 saturated carbocycles. The van der Waals surface area contributed by atoms with Crippen LogP contribution < -0.4 is 0 Å². The minimum atomic E-state index is 0. The Hall–Kier alpha value is -0.107. The van der Waals surface area contributed by atoms with Crippen LogP contribution in [0.25, 0.3) is 0 Å². The van der Waals surface area contributed by atoms with Crippen molar-refractivity contribution in [1.29, 1.82) is 0 Å². The summed E-state index contributed by atoms with van der Waals surface area (Å²) in [4.78, 5) is 30.7. The summed E-state index contributed by atoms with van der Waals surface area (Å²) in [5, 5.41) is 0. The fourth-order valence-corrected chi connectivity index (χ4v) is 2.50. The van der Waals surface area contributed by atoms with E-state index in [0.29, 0.717) is 17.8 Å². The Morgan fingerprint density at radius 1 is 0.500 bits per heavy atom. The molecule has 0 fully saturated rings. The Labute approximate surface area is 195 Å². The van der Waals surface area contributed by atoms with Crippen LogP contribution in [0.1, 0.15) is 119 Å². The average Bonchev–Trinajstić information content (AvgIpc) is 2.71. The number of hydrogen-bond donors (Lipinski definition) is 0. The van der Waals surface area contributed by atoms with E-state index in [9.17, 15) is 14.4 Å². The number of aldehydes is 3. The van der Waals surface area contributed by atoms with Gasteiger partial charge in [-0.05, 0) is 38.5 Å². The second-order valence-electron chi connectivity index (χ2n) is 7.34. The van der Waals surface area contributed by atoms with E-state index >= 15 is 0 Å². The standard InChI is InChI=1S/3C8H16O.Bi/c3*1-3-5-6-8(4-2)7-9;/h3*7-8H,3-6H2,1-2H3;. The minimum Gasteiger partial charge on any atom is -0.303 e. The summed E-state index contributed by atoms with van der Waals surface area (Å²) in [5.74, 6) is 0.972. The minimum absolute atomic E-state index is 0. The Kier molecular flexibility index (Phi) is 39.9. The molecule has 0 N–H and O–H groups in total. The van der Waals surface area contributed by atoms with Crippen LogP contribution in [0.3, 0.4) is 0 Å². The molecule has 0 bridgehead atoms.